The molecule has 0 aliphatic rings. The predicted octanol–water partition coefficient (Wildman–Crippen LogP) is 6.58. The second kappa shape index (κ2) is 9.53. The van der Waals surface area contributed by atoms with Crippen LogP contribution in [0.15, 0.2) is 88.3 Å². The molecule has 0 saturated heterocycles. The Kier molecular flexibility index (Phi) is 6.38. The third-order valence-corrected chi connectivity index (χ3v) is 5.99. The van der Waals surface area contributed by atoms with Crippen molar-refractivity contribution in [1.29, 1.82) is 0 Å². The molecule has 4 rings (SSSR count). The van der Waals surface area contributed by atoms with Gasteiger partial charge in [0, 0.05) is 33.3 Å². The number of amides is 1. The second-order valence-electron chi connectivity index (χ2n) is 7.11. The number of para-hydroxylation sites is 1. The molecule has 3 aromatic carbocycles. The van der Waals surface area contributed by atoms with E-state index < -0.39 is 0 Å². The van der Waals surface area contributed by atoms with Crippen molar-refractivity contribution in [1.82, 2.24) is 5.16 Å². The summed E-state index contributed by atoms with van der Waals surface area (Å²) < 4.78 is 5.24. The number of anilines is 3. The van der Waals surface area contributed by atoms with Gasteiger partial charge >= 0.3 is 0 Å². The standard InChI is InChI=1S/C25H23N3O2S/c1-17-23(18(2)30-28-17)16-31-24-11-7-6-10-22(24)25(29)27-21-14-12-20(13-15-21)26-19-8-4-3-5-9-19/h3-15,26H,16H2,1-2H3,(H,27,29). The molecule has 1 amide bonds. The summed E-state index contributed by atoms with van der Waals surface area (Å²) in [5.74, 6) is 1.38. The fraction of sp³-hybridized carbons (Fsp3) is 0.120. The van der Waals surface area contributed by atoms with Gasteiger partial charge in [0.2, 0.25) is 0 Å². The van der Waals surface area contributed by atoms with Crippen LogP contribution in [0.5, 0.6) is 0 Å². The van der Waals surface area contributed by atoms with Crippen LogP contribution in [-0.2, 0) is 5.75 Å². The number of carbonyl (C=O) groups is 1. The summed E-state index contributed by atoms with van der Waals surface area (Å²) in [6.07, 6.45) is 0. The van der Waals surface area contributed by atoms with Crippen LogP contribution in [0.25, 0.3) is 0 Å². The molecular formula is C25H23N3O2S. The zero-order chi connectivity index (χ0) is 21.6. The van der Waals surface area contributed by atoms with E-state index in [-0.39, 0.29) is 5.91 Å². The fourth-order valence-electron chi connectivity index (χ4n) is 3.16. The summed E-state index contributed by atoms with van der Waals surface area (Å²) in [7, 11) is 0. The van der Waals surface area contributed by atoms with Gasteiger partial charge in [-0.15, -0.1) is 11.8 Å². The Morgan fingerprint density at radius 1 is 0.871 bits per heavy atom. The molecule has 31 heavy (non-hydrogen) atoms. The minimum absolute atomic E-state index is 0.134. The van der Waals surface area contributed by atoms with Gasteiger partial charge in [0.25, 0.3) is 5.91 Å². The highest BCUT2D eigenvalue weighted by Gasteiger charge is 2.14. The Labute approximate surface area is 185 Å². The molecule has 2 N–H and O–H groups in total. The number of benzene rings is 3. The Bertz CT molecular complexity index is 1150. The lowest BCUT2D eigenvalue weighted by Gasteiger charge is -2.11. The molecule has 0 spiro atoms. The number of aryl methyl sites for hydroxylation is 2. The van der Waals surface area contributed by atoms with E-state index >= 15 is 0 Å². The van der Waals surface area contributed by atoms with Crippen LogP contribution in [-0.4, -0.2) is 11.1 Å². The van der Waals surface area contributed by atoms with Crippen molar-refractivity contribution >= 4 is 34.7 Å². The quantitative estimate of drug-likeness (QED) is 0.325. The van der Waals surface area contributed by atoms with Crippen molar-refractivity contribution in [3.8, 4) is 0 Å². The van der Waals surface area contributed by atoms with E-state index in [4.69, 9.17) is 4.52 Å². The minimum Gasteiger partial charge on any atom is -0.361 e. The molecule has 0 atom stereocenters. The number of aromatic nitrogens is 1. The summed E-state index contributed by atoms with van der Waals surface area (Å²) in [5.41, 5.74) is 5.32. The first-order valence-electron chi connectivity index (χ1n) is 9.97. The van der Waals surface area contributed by atoms with Crippen LogP contribution < -0.4 is 10.6 Å². The topological polar surface area (TPSA) is 67.2 Å². The largest absolute Gasteiger partial charge is 0.361 e. The van der Waals surface area contributed by atoms with Gasteiger partial charge in [-0.1, -0.05) is 35.5 Å². The second-order valence-corrected chi connectivity index (χ2v) is 8.13. The third-order valence-electron chi connectivity index (χ3n) is 4.89. The zero-order valence-electron chi connectivity index (χ0n) is 17.4. The summed E-state index contributed by atoms with van der Waals surface area (Å²) in [6, 6.07) is 25.3. The number of hydrogen-bond acceptors (Lipinski definition) is 5. The average molecular weight is 430 g/mol. The van der Waals surface area contributed by atoms with Crippen LogP contribution in [0.2, 0.25) is 0 Å². The lowest BCUT2D eigenvalue weighted by Crippen LogP contribution is -2.13. The SMILES string of the molecule is Cc1noc(C)c1CSc1ccccc1C(=O)Nc1ccc(Nc2ccccc2)cc1. The molecule has 0 fully saturated rings. The number of hydrogen-bond donors (Lipinski definition) is 2. The first kappa shape index (κ1) is 20.8. The highest BCUT2D eigenvalue weighted by atomic mass is 32.2. The minimum atomic E-state index is -0.134. The summed E-state index contributed by atoms with van der Waals surface area (Å²) >= 11 is 1.60. The molecule has 0 aliphatic carbocycles. The maximum Gasteiger partial charge on any atom is 0.256 e. The molecule has 0 aliphatic heterocycles. The van der Waals surface area contributed by atoms with Gasteiger partial charge in [-0.25, -0.2) is 0 Å². The number of carbonyl (C=O) groups excluding carboxylic acids is 1. The highest BCUT2D eigenvalue weighted by Crippen LogP contribution is 2.29. The van der Waals surface area contributed by atoms with Gasteiger partial charge in [-0.3, -0.25) is 4.79 Å². The Balaban J connectivity index is 1.43. The molecule has 6 heteroatoms. The van der Waals surface area contributed by atoms with Crippen LogP contribution in [0, 0.1) is 13.8 Å². The van der Waals surface area contributed by atoms with Gasteiger partial charge in [0.15, 0.2) is 0 Å². The predicted molar refractivity (Wildman–Crippen MR) is 126 cm³/mol. The number of rotatable bonds is 7. The molecule has 4 aromatic rings. The van der Waals surface area contributed by atoms with Gasteiger partial charge < -0.3 is 15.2 Å². The maximum absolute atomic E-state index is 12.9. The summed E-state index contributed by atoms with van der Waals surface area (Å²) in [4.78, 5) is 13.9. The molecule has 1 aromatic heterocycles. The van der Waals surface area contributed by atoms with Crippen molar-refractivity contribution in [2.75, 3.05) is 10.6 Å². The third kappa shape index (κ3) is 5.16. The number of nitrogens with zero attached hydrogens (tertiary/aromatic N) is 1. The molecule has 1 heterocycles. The average Bonchev–Trinajstić information content (AvgIpc) is 3.12. The lowest BCUT2D eigenvalue weighted by molar-refractivity contribution is 0.102. The normalized spacial score (nSPS) is 10.6. The van der Waals surface area contributed by atoms with Crippen LogP contribution in [0.3, 0.4) is 0 Å². The van der Waals surface area contributed by atoms with Crippen LogP contribution in [0.4, 0.5) is 17.1 Å². The van der Waals surface area contributed by atoms with Gasteiger partial charge in [-0.2, -0.15) is 0 Å². The first-order chi connectivity index (χ1) is 15.1. The Morgan fingerprint density at radius 2 is 1.52 bits per heavy atom. The molecule has 0 bridgehead atoms. The van der Waals surface area contributed by atoms with Crippen LogP contribution in [0.1, 0.15) is 27.4 Å². The van der Waals surface area contributed by atoms with E-state index in [0.717, 1.165) is 39.0 Å². The van der Waals surface area contributed by atoms with E-state index in [1.165, 1.54) is 0 Å². The zero-order valence-corrected chi connectivity index (χ0v) is 18.2. The number of thioether (sulfide) groups is 1. The van der Waals surface area contributed by atoms with E-state index in [2.05, 4.69) is 15.8 Å². The van der Waals surface area contributed by atoms with Crippen molar-refractivity contribution in [3.63, 3.8) is 0 Å². The number of nitrogens with one attached hydrogen (secondary N) is 2. The summed E-state index contributed by atoms with van der Waals surface area (Å²) in [6.45, 7) is 3.84. The molecular weight excluding hydrogens is 406 g/mol. The molecule has 5 nitrogen and oxygen atoms in total. The van der Waals surface area contributed by atoms with Crippen molar-refractivity contribution in [2.45, 2.75) is 24.5 Å². The maximum atomic E-state index is 12.9. The van der Waals surface area contributed by atoms with E-state index in [1.807, 2.05) is 92.7 Å². The Morgan fingerprint density at radius 3 is 2.23 bits per heavy atom. The van der Waals surface area contributed by atoms with E-state index in [0.29, 0.717) is 11.3 Å². The molecule has 0 unspecified atom stereocenters. The van der Waals surface area contributed by atoms with E-state index in [1.54, 1.807) is 11.8 Å². The molecule has 0 saturated carbocycles. The summed E-state index contributed by atoms with van der Waals surface area (Å²) in [5, 5.41) is 10.3. The van der Waals surface area contributed by atoms with Gasteiger partial charge in [0.05, 0.1) is 11.3 Å². The van der Waals surface area contributed by atoms with Crippen LogP contribution >= 0.6 is 11.8 Å². The lowest BCUT2D eigenvalue weighted by atomic mass is 10.2. The van der Waals surface area contributed by atoms with Crippen molar-refractivity contribution in [3.05, 3.63) is 101 Å². The van der Waals surface area contributed by atoms with Gasteiger partial charge in [0.1, 0.15) is 5.76 Å². The fourth-order valence-corrected chi connectivity index (χ4v) is 4.36. The van der Waals surface area contributed by atoms with Gasteiger partial charge in [-0.05, 0) is 62.4 Å². The first-order valence-corrected chi connectivity index (χ1v) is 11.0. The van der Waals surface area contributed by atoms with Crippen molar-refractivity contribution < 1.29 is 9.32 Å². The monoisotopic (exact) mass is 429 g/mol. The van der Waals surface area contributed by atoms with E-state index in [9.17, 15) is 4.79 Å². The smallest absolute Gasteiger partial charge is 0.256 e. The Hall–Kier alpha value is -3.51. The highest BCUT2D eigenvalue weighted by molar-refractivity contribution is 7.98. The molecule has 156 valence electrons. The molecule has 0 radical (unpaired) electrons. The van der Waals surface area contributed by atoms with Crippen molar-refractivity contribution in [2.24, 2.45) is 0 Å².